The van der Waals surface area contributed by atoms with E-state index in [4.69, 9.17) is 17.3 Å². The van der Waals surface area contributed by atoms with Gasteiger partial charge in [0.05, 0.1) is 0 Å². The van der Waals surface area contributed by atoms with Crippen LogP contribution in [0.1, 0.15) is 17.8 Å². The smallest absolute Gasteiger partial charge is 0.228 e. The molecule has 2 N–H and O–H groups in total. The summed E-state index contributed by atoms with van der Waals surface area (Å²) in [7, 11) is 1.70. The Balaban J connectivity index is 2.47. The van der Waals surface area contributed by atoms with Crippen molar-refractivity contribution < 1.29 is 4.79 Å². The molecular formula is C10H13ClN4O. The molecule has 0 saturated carbocycles. The van der Waals surface area contributed by atoms with E-state index in [0.29, 0.717) is 42.6 Å². The summed E-state index contributed by atoms with van der Waals surface area (Å²) in [6.07, 6.45) is 1.64. The molecule has 0 aliphatic carbocycles. The topological polar surface area (TPSA) is 72.1 Å². The van der Waals surface area contributed by atoms with Gasteiger partial charge in [-0.25, -0.2) is 9.97 Å². The van der Waals surface area contributed by atoms with Crippen molar-refractivity contribution in [2.75, 3.05) is 18.5 Å². The molecular weight excluding hydrogens is 228 g/mol. The summed E-state index contributed by atoms with van der Waals surface area (Å²) in [5.41, 5.74) is 6.30. The summed E-state index contributed by atoms with van der Waals surface area (Å²) in [5.74, 6) is 1.27. The largest absolute Gasteiger partial charge is 0.330 e. The fraction of sp³-hybridized carbons (Fsp3) is 0.500. The Kier molecular flexibility index (Phi) is 3.07. The number of hydrogen-bond acceptors (Lipinski definition) is 4. The van der Waals surface area contributed by atoms with Gasteiger partial charge < -0.3 is 5.73 Å². The molecule has 1 amide bonds. The lowest BCUT2D eigenvalue weighted by atomic mass is 10.1. The highest BCUT2D eigenvalue weighted by molar-refractivity contribution is 6.30. The van der Waals surface area contributed by atoms with Crippen LogP contribution in [0.15, 0.2) is 0 Å². The van der Waals surface area contributed by atoms with Crippen LogP contribution < -0.4 is 10.6 Å². The number of nitrogens with zero attached hydrogens (tertiary/aromatic N) is 3. The Morgan fingerprint density at radius 2 is 2.19 bits per heavy atom. The lowest BCUT2D eigenvalue weighted by Crippen LogP contribution is -2.33. The van der Waals surface area contributed by atoms with E-state index in [0.717, 1.165) is 5.56 Å². The Morgan fingerprint density at radius 3 is 2.88 bits per heavy atom. The molecule has 2 rings (SSSR count). The Labute approximate surface area is 98.6 Å². The maximum atomic E-state index is 11.5. The standard InChI is InChI=1S/C10H13ClN4O/c1-15-8(16)3-2-6-9(11)13-7(4-5-12)14-10(6)15/h2-5,12H2,1H3. The maximum absolute atomic E-state index is 11.5. The third-order valence-electron chi connectivity index (χ3n) is 2.63. The molecule has 5 nitrogen and oxygen atoms in total. The van der Waals surface area contributed by atoms with Gasteiger partial charge in [0.2, 0.25) is 5.91 Å². The third-order valence-corrected chi connectivity index (χ3v) is 2.94. The van der Waals surface area contributed by atoms with Crippen LogP contribution in [0.25, 0.3) is 0 Å². The van der Waals surface area contributed by atoms with Gasteiger partial charge in [-0.15, -0.1) is 0 Å². The van der Waals surface area contributed by atoms with E-state index in [1.165, 1.54) is 4.90 Å². The number of anilines is 1. The van der Waals surface area contributed by atoms with E-state index in [9.17, 15) is 4.79 Å². The van der Waals surface area contributed by atoms with Crippen molar-refractivity contribution in [1.29, 1.82) is 0 Å². The van der Waals surface area contributed by atoms with Crippen molar-refractivity contribution in [1.82, 2.24) is 9.97 Å². The molecule has 0 unspecified atom stereocenters. The van der Waals surface area contributed by atoms with E-state index in [1.807, 2.05) is 0 Å². The van der Waals surface area contributed by atoms with Crippen molar-refractivity contribution in [3.8, 4) is 0 Å². The van der Waals surface area contributed by atoms with Crippen molar-refractivity contribution in [2.45, 2.75) is 19.3 Å². The Morgan fingerprint density at radius 1 is 1.44 bits per heavy atom. The van der Waals surface area contributed by atoms with Crippen LogP contribution in [-0.4, -0.2) is 29.5 Å². The predicted molar refractivity (Wildman–Crippen MR) is 61.5 cm³/mol. The Bertz CT molecular complexity index is 435. The molecule has 16 heavy (non-hydrogen) atoms. The second-order valence-electron chi connectivity index (χ2n) is 3.72. The number of amides is 1. The summed E-state index contributed by atoms with van der Waals surface area (Å²) in [6, 6.07) is 0. The number of aromatic nitrogens is 2. The number of fused-ring (bicyclic) bond motifs is 1. The zero-order valence-corrected chi connectivity index (χ0v) is 9.79. The van der Waals surface area contributed by atoms with Gasteiger partial charge in [-0.1, -0.05) is 11.6 Å². The fourth-order valence-corrected chi connectivity index (χ4v) is 2.02. The first-order chi connectivity index (χ1) is 7.63. The van der Waals surface area contributed by atoms with Gasteiger partial charge in [0.1, 0.15) is 16.8 Å². The summed E-state index contributed by atoms with van der Waals surface area (Å²) in [5, 5.41) is 0.438. The minimum Gasteiger partial charge on any atom is -0.330 e. The van der Waals surface area contributed by atoms with Crippen molar-refractivity contribution in [2.24, 2.45) is 5.73 Å². The number of nitrogens with two attached hydrogens (primary N) is 1. The van der Waals surface area contributed by atoms with Gasteiger partial charge in [-0.05, 0) is 13.0 Å². The van der Waals surface area contributed by atoms with Crippen LogP contribution in [0.5, 0.6) is 0 Å². The zero-order chi connectivity index (χ0) is 11.7. The molecule has 0 atom stereocenters. The van der Waals surface area contributed by atoms with Crippen molar-refractivity contribution >= 4 is 23.3 Å². The van der Waals surface area contributed by atoms with E-state index in [1.54, 1.807) is 7.05 Å². The first-order valence-corrected chi connectivity index (χ1v) is 5.53. The summed E-state index contributed by atoms with van der Waals surface area (Å²) in [4.78, 5) is 21.6. The minimum atomic E-state index is 0.0564. The van der Waals surface area contributed by atoms with Crippen LogP contribution in [0.3, 0.4) is 0 Å². The van der Waals surface area contributed by atoms with Gasteiger partial charge in [0.15, 0.2) is 0 Å². The number of carbonyl (C=O) groups is 1. The maximum Gasteiger partial charge on any atom is 0.228 e. The highest BCUT2D eigenvalue weighted by Crippen LogP contribution is 2.29. The quantitative estimate of drug-likeness (QED) is 0.766. The summed E-state index contributed by atoms with van der Waals surface area (Å²) < 4.78 is 0. The van der Waals surface area contributed by atoms with Gasteiger partial charge in [-0.3, -0.25) is 9.69 Å². The molecule has 0 saturated heterocycles. The fourth-order valence-electron chi connectivity index (χ4n) is 1.74. The van der Waals surface area contributed by atoms with E-state index < -0.39 is 0 Å². The molecule has 2 heterocycles. The van der Waals surface area contributed by atoms with Crippen LogP contribution in [0.2, 0.25) is 5.15 Å². The lowest BCUT2D eigenvalue weighted by Gasteiger charge is -2.25. The lowest BCUT2D eigenvalue weighted by molar-refractivity contribution is -0.118. The number of carbonyl (C=O) groups excluding carboxylic acids is 1. The van der Waals surface area contributed by atoms with Crippen molar-refractivity contribution in [3.05, 3.63) is 16.5 Å². The monoisotopic (exact) mass is 240 g/mol. The average Bonchev–Trinajstić information content (AvgIpc) is 2.25. The molecule has 0 bridgehead atoms. The molecule has 1 aliphatic rings. The normalized spacial score (nSPS) is 15.2. The molecule has 6 heteroatoms. The highest BCUT2D eigenvalue weighted by atomic mass is 35.5. The van der Waals surface area contributed by atoms with Crippen LogP contribution in [0.4, 0.5) is 5.82 Å². The molecule has 1 aliphatic heterocycles. The number of halogens is 1. The van der Waals surface area contributed by atoms with Crippen LogP contribution in [-0.2, 0) is 17.6 Å². The Hall–Kier alpha value is -1.20. The molecule has 0 radical (unpaired) electrons. The molecule has 86 valence electrons. The third kappa shape index (κ3) is 1.88. The van der Waals surface area contributed by atoms with E-state index >= 15 is 0 Å². The highest BCUT2D eigenvalue weighted by Gasteiger charge is 2.25. The summed E-state index contributed by atoms with van der Waals surface area (Å²) in [6.45, 7) is 0.465. The van der Waals surface area contributed by atoms with Gasteiger partial charge in [0.25, 0.3) is 0 Å². The van der Waals surface area contributed by atoms with Gasteiger partial charge in [0, 0.05) is 25.5 Å². The van der Waals surface area contributed by atoms with Crippen LogP contribution >= 0.6 is 11.6 Å². The second-order valence-corrected chi connectivity index (χ2v) is 4.08. The number of hydrogen-bond donors (Lipinski definition) is 1. The zero-order valence-electron chi connectivity index (χ0n) is 9.03. The SMILES string of the molecule is CN1C(=O)CCc2c(Cl)nc(CCN)nc21. The molecule has 0 fully saturated rings. The number of rotatable bonds is 2. The van der Waals surface area contributed by atoms with Crippen molar-refractivity contribution in [3.63, 3.8) is 0 Å². The predicted octanol–water partition coefficient (Wildman–Crippen LogP) is 0.540. The van der Waals surface area contributed by atoms with Gasteiger partial charge >= 0.3 is 0 Å². The van der Waals surface area contributed by atoms with E-state index in [2.05, 4.69) is 9.97 Å². The first kappa shape index (κ1) is 11.3. The minimum absolute atomic E-state index is 0.0564. The average molecular weight is 241 g/mol. The second kappa shape index (κ2) is 4.35. The van der Waals surface area contributed by atoms with Gasteiger partial charge in [-0.2, -0.15) is 0 Å². The first-order valence-electron chi connectivity index (χ1n) is 5.15. The van der Waals surface area contributed by atoms with Crippen LogP contribution in [0, 0.1) is 0 Å². The molecule has 0 aromatic carbocycles. The van der Waals surface area contributed by atoms with E-state index in [-0.39, 0.29) is 5.91 Å². The molecule has 1 aromatic heterocycles. The molecule has 0 spiro atoms. The summed E-state index contributed by atoms with van der Waals surface area (Å²) >= 11 is 6.07. The molecule has 1 aromatic rings.